The first-order chi connectivity index (χ1) is 11.7. The second kappa shape index (κ2) is 8.18. The van der Waals surface area contributed by atoms with E-state index in [-0.39, 0.29) is 12.3 Å². The summed E-state index contributed by atoms with van der Waals surface area (Å²) in [6.07, 6.45) is 2.02. The maximum atomic E-state index is 12.1. The van der Waals surface area contributed by atoms with E-state index in [1.54, 1.807) is 6.08 Å². The van der Waals surface area contributed by atoms with Crippen molar-refractivity contribution in [1.82, 2.24) is 15.2 Å². The molecule has 0 atom stereocenters. The molecule has 2 aromatic heterocycles. The van der Waals surface area contributed by atoms with E-state index in [1.807, 2.05) is 35.7 Å². The third kappa shape index (κ3) is 4.50. The molecule has 1 amide bonds. The highest BCUT2D eigenvalue weighted by Crippen LogP contribution is 2.26. The van der Waals surface area contributed by atoms with Gasteiger partial charge in [0, 0.05) is 16.7 Å². The lowest BCUT2D eigenvalue weighted by Gasteiger charge is -1.98. The number of anilines is 1. The number of hydrogen-bond acceptors (Lipinski definition) is 7. The molecule has 0 bridgehead atoms. The van der Waals surface area contributed by atoms with Gasteiger partial charge in [-0.05, 0) is 0 Å². The molecule has 0 aliphatic heterocycles. The molecule has 1 aromatic carbocycles. The lowest BCUT2D eigenvalue weighted by Crippen LogP contribution is -2.14. The predicted molar refractivity (Wildman–Crippen MR) is 101 cm³/mol. The number of nitrogens with zero attached hydrogens (tertiary/aromatic N) is 3. The molecule has 0 saturated carbocycles. The fourth-order valence-corrected chi connectivity index (χ4v) is 4.23. The molecule has 3 rings (SSSR count). The maximum Gasteiger partial charge on any atom is 0.232 e. The van der Waals surface area contributed by atoms with Crippen molar-refractivity contribution in [2.24, 2.45) is 0 Å². The number of carbonyl (C=O) groups excluding carboxylic acids is 1. The molecule has 0 aliphatic carbocycles. The van der Waals surface area contributed by atoms with Crippen molar-refractivity contribution in [3.63, 3.8) is 0 Å². The number of thioether (sulfide) groups is 1. The first kappa shape index (κ1) is 16.8. The van der Waals surface area contributed by atoms with Crippen molar-refractivity contribution in [2.45, 2.75) is 10.8 Å². The molecule has 0 fully saturated rings. The van der Waals surface area contributed by atoms with Crippen LogP contribution in [-0.2, 0) is 11.2 Å². The van der Waals surface area contributed by atoms with Gasteiger partial charge in [0.25, 0.3) is 0 Å². The van der Waals surface area contributed by atoms with Gasteiger partial charge in [0.1, 0.15) is 5.01 Å². The third-order valence-corrected chi connectivity index (χ3v) is 5.80. The molecule has 0 spiro atoms. The van der Waals surface area contributed by atoms with E-state index in [9.17, 15) is 4.79 Å². The van der Waals surface area contributed by atoms with Crippen molar-refractivity contribution in [3.8, 4) is 10.6 Å². The van der Waals surface area contributed by atoms with E-state index in [2.05, 4.69) is 27.1 Å². The molecule has 0 saturated heterocycles. The lowest BCUT2D eigenvalue weighted by molar-refractivity contribution is -0.115. The highest BCUT2D eigenvalue weighted by atomic mass is 32.2. The number of thiazole rings is 1. The zero-order chi connectivity index (χ0) is 16.8. The van der Waals surface area contributed by atoms with Gasteiger partial charge in [-0.1, -0.05) is 59.5 Å². The molecular formula is C16H14N4OS3. The summed E-state index contributed by atoms with van der Waals surface area (Å²) in [7, 11) is 0. The van der Waals surface area contributed by atoms with Gasteiger partial charge >= 0.3 is 0 Å². The number of aromatic nitrogens is 3. The molecule has 0 aliphatic rings. The van der Waals surface area contributed by atoms with Crippen LogP contribution in [0, 0.1) is 0 Å². The quantitative estimate of drug-likeness (QED) is 0.383. The third-order valence-electron chi connectivity index (χ3n) is 2.89. The van der Waals surface area contributed by atoms with Crippen molar-refractivity contribution in [1.29, 1.82) is 0 Å². The standard InChI is InChI=1S/C16H14N4OS3/c1-2-8-22-16-20-19-15(24-16)18-13(21)9-12-10-23-14(17-12)11-6-4-3-5-7-11/h2-7,10H,1,8-9H2,(H,18,19,21). The predicted octanol–water partition coefficient (Wildman–Crippen LogP) is 4.12. The lowest BCUT2D eigenvalue weighted by atomic mass is 10.2. The van der Waals surface area contributed by atoms with Gasteiger partial charge in [0.05, 0.1) is 12.1 Å². The van der Waals surface area contributed by atoms with E-state index in [1.165, 1.54) is 34.4 Å². The Labute approximate surface area is 151 Å². The SMILES string of the molecule is C=CCSc1nnc(NC(=O)Cc2csc(-c3ccccc3)n2)s1. The van der Waals surface area contributed by atoms with Gasteiger partial charge in [-0.25, -0.2) is 4.98 Å². The smallest absolute Gasteiger partial charge is 0.232 e. The molecule has 1 N–H and O–H groups in total. The van der Waals surface area contributed by atoms with Crippen LogP contribution in [0.5, 0.6) is 0 Å². The van der Waals surface area contributed by atoms with Crippen LogP contribution in [0.4, 0.5) is 5.13 Å². The van der Waals surface area contributed by atoms with E-state index < -0.39 is 0 Å². The molecule has 2 heterocycles. The van der Waals surface area contributed by atoms with E-state index in [0.29, 0.717) is 5.13 Å². The Morgan fingerprint density at radius 1 is 1.29 bits per heavy atom. The summed E-state index contributed by atoms with van der Waals surface area (Å²) in [5.41, 5.74) is 1.81. The fraction of sp³-hybridized carbons (Fsp3) is 0.125. The maximum absolute atomic E-state index is 12.1. The summed E-state index contributed by atoms with van der Waals surface area (Å²) >= 11 is 4.43. The fourth-order valence-electron chi connectivity index (χ4n) is 1.88. The molecular weight excluding hydrogens is 360 g/mol. The molecule has 3 aromatic rings. The highest BCUT2D eigenvalue weighted by molar-refractivity contribution is 8.01. The van der Waals surface area contributed by atoms with Crippen LogP contribution in [0.15, 0.2) is 52.7 Å². The van der Waals surface area contributed by atoms with Gasteiger partial charge in [0.2, 0.25) is 11.0 Å². The average Bonchev–Trinajstić information content (AvgIpc) is 3.23. The van der Waals surface area contributed by atoms with Gasteiger partial charge in [0.15, 0.2) is 4.34 Å². The first-order valence-corrected chi connectivity index (χ1v) is 9.79. The van der Waals surface area contributed by atoms with Crippen LogP contribution in [0.1, 0.15) is 5.69 Å². The van der Waals surface area contributed by atoms with Crippen molar-refractivity contribution in [3.05, 3.63) is 54.1 Å². The number of rotatable bonds is 7. The minimum Gasteiger partial charge on any atom is -0.300 e. The number of hydrogen-bond donors (Lipinski definition) is 1. The summed E-state index contributed by atoms with van der Waals surface area (Å²) in [6.45, 7) is 3.66. The van der Waals surface area contributed by atoms with Gasteiger partial charge in [-0.15, -0.1) is 28.1 Å². The Morgan fingerprint density at radius 2 is 2.12 bits per heavy atom. The monoisotopic (exact) mass is 374 g/mol. The van der Waals surface area contributed by atoms with Gasteiger partial charge in [-0.2, -0.15) is 0 Å². The van der Waals surface area contributed by atoms with Crippen molar-refractivity contribution < 1.29 is 4.79 Å². The van der Waals surface area contributed by atoms with Crippen LogP contribution >= 0.6 is 34.4 Å². The average molecular weight is 375 g/mol. The second-order valence-electron chi connectivity index (χ2n) is 4.71. The van der Waals surface area contributed by atoms with Crippen molar-refractivity contribution in [2.75, 3.05) is 11.1 Å². The number of carbonyl (C=O) groups is 1. The normalized spacial score (nSPS) is 10.5. The van der Waals surface area contributed by atoms with Crippen molar-refractivity contribution >= 4 is 45.5 Å². The summed E-state index contributed by atoms with van der Waals surface area (Å²) < 4.78 is 0.810. The second-order valence-corrected chi connectivity index (χ2v) is 7.81. The molecule has 5 nitrogen and oxygen atoms in total. The zero-order valence-electron chi connectivity index (χ0n) is 12.6. The molecule has 0 radical (unpaired) electrons. The van der Waals surface area contributed by atoms with Gasteiger partial charge in [-0.3, -0.25) is 4.79 Å². The Hall–Kier alpha value is -2.03. The molecule has 24 heavy (non-hydrogen) atoms. The molecule has 8 heteroatoms. The van der Waals surface area contributed by atoms with Gasteiger partial charge < -0.3 is 5.32 Å². The summed E-state index contributed by atoms with van der Waals surface area (Å²) in [5.74, 6) is 0.625. The summed E-state index contributed by atoms with van der Waals surface area (Å²) in [6, 6.07) is 9.93. The Balaban J connectivity index is 1.58. The van der Waals surface area contributed by atoms with Crippen LogP contribution in [-0.4, -0.2) is 26.8 Å². The first-order valence-electron chi connectivity index (χ1n) is 7.11. The molecule has 0 unspecified atom stereocenters. The van der Waals surface area contributed by atoms with E-state index >= 15 is 0 Å². The minimum absolute atomic E-state index is 0.142. The van der Waals surface area contributed by atoms with Crippen LogP contribution < -0.4 is 5.32 Å². The number of amides is 1. The topological polar surface area (TPSA) is 67.8 Å². The Bertz CT molecular complexity index is 829. The number of benzene rings is 1. The molecule has 122 valence electrons. The Morgan fingerprint density at radius 3 is 2.92 bits per heavy atom. The number of nitrogens with one attached hydrogen (secondary N) is 1. The summed E-state index contributed by atoms with van der Waals surface area (Å²) in [4.78, 5) is 16.6. The summed E-state index contributed by atoms with van der Waals surface area (Å²) in [5, 5.41) is 14.1. The van der Waals surface area contributed by atoms with Crippen LogP contribution in [0.2, 0.25) is 0 Å². The largest absolute Gasteiger partial charge is 0.300 e. The van der Waals surface area contributed by atoms with Crippen LogP contribution in [0.3, 0.4) is 0 Å². The highest BCUT2D eigenvalue weighted by Gasteiger charge is 2.12. The van der Waals surface area contributed by atoms with Crippen LogP contribution in [0.25, 0.3) is 10.6 Å². The van der Waals surface area contributed by atoms with E-state index in [4.69, 9.17) is 0 Å². The zero-order valence-corrected chi connectivity index (χ0v) is 15.1. The minimum atomic E-state index is -0.142. The van der Waals surface area contributed by atoms with E-state index in [0.717, 1.165) is 26.4 Å². The Kier molecular flexibility index (Phi) is 5.73.